The summed E-state index contributed by atoms with van der Waals surface area (Å²) in [7, 11) is 0. The third-order valence-corrected chi connectivity index (χ3v) is 3.53. The molecule has 0 spiro atoms. The van der Waals surface area contributed by atoms with Gasteiger partial charge in [0.1, 0.15) is 5.69 Å². The lowest BCUT2D eigenvalue weighted by molar-refractivity contribution is -0.137. The Morgan fingerprint density at radius 3 is 2.45 bits per heavy atom. The highest BCUT2D eigenvalue weighted by atomic mass is 16.5. The molecule has 0 unspecified atom stereocenters. The fourth-order valence-corrected chi connectivity index (χ4v) is 2.74. The lowest BCUT2D eigenvalue weighted by Gasteiger charge is -2.34. The molecule has 2 rings (SSSR count). The van der Waals surface area contributed by atoms with Crippen LogP contribution in [0.15, 0.2) is 15.7 Å². The van der Waals surface area contributed by atoms with Gasteiger partial charge in [-0.25, -0.2) is 9.59 Å². The fraction of sp³-hybridized carbons (Fsp3) is 0.571. The Balaban J connectivity index is 1.94. The molecule has 8 nitrogen and oxygen atoms in total. The maximum absolute atomic E-state index is 12.1. The zero-order valence-corrected chi connectivity index (χ0v) is 12.5. The van der Waals surface area contributed by atoms with Gasteiger partial charge in [0.2, 0.25) is 0 Å². The number of rotatable bonds is 3. The van der Waals surface area contributed by atoms with E-state index in [0.717, 1.165) is 12.5 Å². The summed E-state index contributed by atoms with van der Waals surface area (Å²) in [5, 5.41) is 0. The topological polar surface area (TPSA) is 112 Å². The van der Waals surface area contributed by atoms with Crippen LogP contribution < -0.4 is 11.2 Å². The molecule has 1 aromatic heterocycles. The average Bonchev–Trinajstić information content (AvgIpc) is 2.42. The first-order chi connectivity index (χ1) is 10.3. The molecule has 0 aliphatic carbocycles. The Hall–Kier alpha value is -2.38. The number of nitrogens with one attached hydrogen (secondary N) is 2. The first-order valence-corrected chi connectivity index (χ1v) is 7.13. The molecule has 120 valence electrons. The van der Waals surface area contributed by atoms with E-state index in [1.165, 1.54) is 0 Å². The van der Waals surface area contributed by atoms with Crippen LogP contribution in [-0.2, 0) is 9.53 Å². The van der Waals surface area contributed by atoms with Gasteiger partial charge < -0.3 is 14.6 Å². The highest BCUT2D eigenvalue weighted by Gasteiger charge is 2.26. The van der Waals surface area contributed by atoms with Crippen LogP contribution in [0, 0.1) is 11.8 Å². The van der Waals surface area contributed by atoms with E-state index in [4.69, 9.17) is 4.74 Å². The van der Waals surface area contributed by atoms with Gasteiger partial charge in [-0.2, -0.15) is 0 Å². The number of aromatic nitrogens is 2. The van der Waals surface area contributed by atoms with Crippen LogP contribution in [0.5, 0.6) is 0 Å². The molecule has 0 radical (unpaired) electrons. The smallest absolute Gasteiger partial charge is 0.355 e. The second kappa shape index (κ2) is 6.59. The number of H-pyrrole nitrogens is 2. The van der Waals surface area contributed by atoms with Gasteiger partial charge in [-0.05, 0) is 18.3 Å². The molecule has 1 aromatic rings. The number of carbonyl (C=O) groups excluding carboxylic acids is 2. The quantitative estimate of drug-likeness (QED) is 0.746. The van der Waals surface area contributed by atoms with Crippen molar-refractivity contribution in [2.75, 3.05) is 19.7 Å². The van der Waals surface area contributed by atoms with Crippen molar-refractivity contribution >= 4 is 11.9 Å². The van der Waals surface area contributed by atoms with Crippen LogP contribution in [0.3, 0.4) is 0 Å². The Morgan fingerprint density at radius 1 is 1.23 bits per heavy atom. The molecule has 2 N–H and O–H groups in total. The van der Waals surface area contributed by atoms with Gasteiger partial charge in [0.15, 0.2) is 6.61 Å². The van der Waals surface area contributed by atoms with Crippen molar-refractivity contribution in [2.24, 2.45) is 11.8 Å². The van der Waals surface area contributed by atoms with Crippen molar-refractivity contribution in [3.8, 4) is 0 Å². The first kappa shape index (κ1) is 16.0. The summed E-state index contributed by atoms with van der Waals surface area (Å²) in [6, 6.07) is 0.916. The number of amides is 1. The maximum Gasteiger partial charge on any atom is 0.355 e. The number of esters is 1. The van der Waals surface area contributed by atoms with Gasteiger partial charge in [0, 0.05) is 19.2 Å². The van der Waals surface area contributed by atoms with Crippen LogP contribution in [0.1, 0.15) is 30.8 Å². The van der Waals surface area contributed by atoms with E-state index in [0.29, 0.717) is 24.9 Å². The summed E-state index contributed by atoms with van der Waals surface area (Å²) >= 11 is 0. The minimum absolute atomic E-state index is 0.276. The molecule has 0 bridgehead atoms. The molecule has 1 fully saturated rings. The van der Waals surface area contributed by atoms with Crippen molar-refractivity contribution in [2.45, 2.75) is 20.3 Å². The summed E-state index contributed by atoms with van der Waals surface area (Å²) in [5.41, 5.74) is -1.79. The summed E-state index contributed by atoms with van der Waals surface area (Å²) < 4.78 is 4.87. The molecule has 22 heavy (non-hydrogen) atoms. The summed E-state index contributed by atoms with van der Waals surface area (Å²) in [4.78, 5) is 51.8. The minimum atomic E-state index is -0.908. The molecular weight excluding hydrogens is 290 g/mol. The van der Waals surface area contributed by atoms with Crippen molar-refractivity contribution < 1.29 is 14.3 Å². The Kier molecular flexibility index (Phi) is 4.79. The van der Waals surface area contributed by atoms with Crippen LogP contribution >= 0.6 is 0 Å². The Labute approximate surface area is 126 Å². The average molecular weight is 309 g/mol. The van der Waals surface area contributed by atoms with Gasteiger partial charge in [0.05, 0.1) is 0 Å². The molecule has 2 heterocycles. The predicted molar refractivity (Wildman–Crippen MR) is 77.5 cm³/mol. The highest BCUT2D eigenvalue weighted by Crippen LogP contribution is 2.20. The third-order valence-electron chi connectivity index (χ3n) is 3.53. The molecule has 0 aromatic carbocycles. The van der Waals surface area contributed by atoms with Crippen molar-refractivity contribution in [1.82, 2.24) is 14.9 Å². The molecule has 1 saturated heterocycles. The lowest BCUT2D eigenvalue weighted by atomic mass is 9.92. The maximum atomic E-state index is 12.1. The number of carbonyl (C=O) groups is 2. The summed E-state index contributed by atoms with van der Waals surface area (Å²) in [5.74, 6) is -0.367. The van der Waals surface area contributed by atoms with Gasteiger partial charge in [0.25, 0.3) is 11.5 Å². The van der Waals surface area contributed by atoms with Crippen molar-refractivity contribution in [3.05, 3.63) is 32.6 Å². The number of ether oxygens (including phenoxy) is 1. The number of piperidine rings is 1. The SMILES string of the molecule is C[C@@H]1C[C@@H](C)CN(C(=O)COC(=O)c2cc(=O)[nH]c(=O)[nH]2)C1. The molecule has 8 heteroatoms. The van der Waals surface area contributed by atoms with E-state index in [-0.39, 0.29) is 11.6 Å². The van der Waals surface area contributed by atoms with Crippen molar-refractivity contribution in [1.29, 1.82) is 0 Å². The van der Waals surface area contributed by atoms with Crippen molar-refractivity contribution in [3.63, 3.8) is 0 Å². The first-order valence-electron chi connectivity index (χ1n) is 7.13. The van der Waals surface area contributed by atoms with E-state index < -0.39 is 23.8 Å². The molecule has 2 atom stereocenters. The van der Waals surface area contributed by atoms with Crippen LogP contribution in [0.25, 0.3) is 0 Å². The third kappa shape index (κ3) is 4.06. The Morgan fingerprint density at radius 2 is 1.86 bits per heavy atom. The van der Waals surface area contributed by atoms with Gasteiger partial charge in [-0.15, -0.1) is 0 Å². The predicted octanol–water partition coefficient (Wildman–Crippen LogP) is -0.275. The van der Waals surface area contributed by atoms with Crippen LogP contribution in [-0.4, -0.2) is 46.4 Å². The van der Waals surface area contributed by atoms with E-state index in [2.05, 4.69) is 18.8 Å². The van der Waals surface area contributed by atoms with E-state index >= 15 is 0 Å². The fourth-order valence-electron chi connectivity index (χ4n) is 2.74. The molecule has 1 aliphatic rings. The number of hydrogen-bond donors (Lipinski definition) is 2. The molecule has 1 aliphatic heterocycles. The number of likely N-dealkylation sites (tertiary alicyclic amines) is 1. The lowest BCUT2D eigenvalue weighted by Crippen LogP contribution is -2.44. The van der Waals surface area contributed by atoms with Gasteiger partial charge in [-0.1, -0.05) is 13.8 Å². The summed E-state index contributed by atoms with van der Waals surface area (Å²) in [6.07, 6.45) is 1.07. The molecule has 1 amide bonds. The van der Waals surface area contributed by atoms with E-state index in [9.17, 15) is 19.2 Å². The summed E-state index contributed by atoms with van der Waals surface area (Å²) in [6.45, 7) is 5.02. The standard InChI is InChI=1S/C14H19N3O5/c1-8-3-9(2)6-17(5-8)12(19)7-22-13(20)10-4-11(18)16-14(21)15-10/h4,8-9H,3,5-7H2,1-2H3,(H2,15,16,18,21)/t8-,9-/m1/s1. The Bertz CT molecular complexity index is 639. The molecule has 0 saturated carbocycles. The van der Waals surface area contributed by atoms with Gasteiger partial charge >= 0.3 is 11.7 Å². The van der Waals surface area contributed by atoms with E-state index in [1.54, 1.807) is 4.90 Å². The number of nitrogens with zero attached hydrogens (tertiary/aromatic N) is 1. The largest absolute Gasteiger partial charge is 0.451 e. The van der Waals surface area contributed by atoms with Crippen LogP contribution in [0.2, 0.25) is 0 Å². The van der Waals surface area contributed by atoms with E-state index in [1.807, 2.05) is 4.98 Å². The zero-order chi connectivity index (χ0) is 16.3. The number of aromatic amines is 2. The normalized spacial score (nSPS) is 21.5. The van der Waals surface area contributed by atoms with Crippen LogP contribution in [0.4, 0.5) is 0 Å². The minimum Gasteiger partial charge on any atom is -0.451 e. The second-order valence-corrected chi connectivity index (χ2v) is 5.82. The number of hydrogen-bond acceptors (Lipinski definition) is 5. The van der Waals surface area contributed by atoms with Gasteiger partial charge in [-0.3, -0.25) is 14.6 Å². The second-order valence-electron chi connectivity index (χ2n) is 5.82. The highest BCUT2D eigenvalue weighted by molar-refractivity contribution is 5.89. The monoisotopic (exact) mass is 309 g/mol. The zero-order valence-electron chi connectivity index (χ0n) is 12.5. The molecular formula is C14H19N3O5.